The first-order valence-corrected chi connectivity index (χ1v) is 9.46. The average Bonchev–Trinajstić information content (AvgIpc) is 3.30. The lowest BCUT2D eigenvalue weighted by Gasteiger charge is -2.08. The van der Waals surface area contributed by atoms with Gasteiger partial charge in [0.1, 0.15) is 5.82 Å². The molecule has 1 aliphatic rings. The molecule has 0 aliphatic heterocycles. The van der Waals surface area contributed by atoms with Crippen LogP contribution < -0.4 is 5.32 Å². The third-order valence-corrected chi connectivity index (χ3v) is 5.39. The highest BCUT2D eigenvalue weighted by molar-refractivity contribution is 14.1. The van der Waals surface area contributed by atoms with Gasteiger partial charge in [0.05, 0.1) is 11.4 Å². The molecule has 0 bridgehead atoms. The summed E-state index contributed by atoms with van der Waals surface area (Å²) in [5.41, 5.74) is 0.838. The van der Waals surface area contributed by atoms with Crippen LogP contribution in [0.4, 0.5) is 5.69 Å². The van der Waals surface area contributed by atoms with Crippen LogP contribution in [0.3, 0.4) is 0 Å². The van der Waals surface area contributed by atoms with Gasteiger partial charge in [-0.15, -0.1) is 16.8 Å². The molecule has 0 atom stereocenters. The third kappa shape index (κ3) is 4.14. The van der Waals surface area contributed by atoms with Crippen LogP contribution in [0.2, 0.25) is 0 Å². The van der Waals surface area contributed by atoms with Gasteiger partial charge in [-0.2, -0.15) is 0 Å². The first-order chi connectivity index (χ1) is 11.2. The number of hydrogen-bond donors (Lipinski definition) is 1. The maximum Gasteiger partial charge on any atom is 0.234 e. The summed E-state index contributed by atoms with van der Waals surface area (Å²) < 4.78 is 3.09. The number of carbonyl (C=O) groups excluding carboxylic acids is 1. The number of hydrogen-bond acceptors (Lipinski definition) is 4. The predicted molar refractivity (Wildman–Crippen MR) is 101 cm³/mol. The zero-order valence-electron chi connectivity index (χ0n) is 12.5. The van der Waals surface area contributed by atoms with Crippen LogP contribution in [-0.4, -0.2) is 26.4 Å². The zero-order valence-corrected chi connectivity index (χ0v) is 15.5. The van der Waals surface area contributed by atoms with E-state index in [1.807, 2.05) is 30.3 Å². The Bertz CT molecular complexity index is 727. The van der Waals surface area contributed by atoms with Crippen LogP contribution in [0.15, 0.2) is 42.1 Å². The predicted octanol–water partition coefficient (Wildman–Crippen LogP) is 3.68. The quantitative estimate of drug-likeness (QED) is 0.406. The summed E-state index contributed by atoms with van der Waals surface area (Å²) in [7, 11) is 0. The number of rotatable bonds is 7. The summed E-state index contributed by atoms with van der Waals surface area (Å²) in [6.45, 7) is 4.47. The Morgan fingerprint density at radius 1 is 1.43 bits per heavy atom. The van der Waals surface area contributed by atoms with Crippen molar-refractivity contribution in [1.29, 1.82) is 0 Å². The molecule has 1 amide bonds. The molecular weight excluding hydrogens is 423 g/mol. The summed E-state index contributed by atoms with van der Waals surface area (Å²) in [5, 5.41) is 12.2. The number of nitrogens with one attached hydrogen (secondary N) is 1. The van der Waals surface area contributed by atoms with Crippen LogP contribution in [0.1, 0.15) is 24.6 Å². The van der Waals surface area contributed by atoms with Crippen molar-refractivity contribution in [2.24, 2.45) is 0 Å². The fourth-order valence-electron chi connectivity index (χ4n) is 2.23. The van der Waals surface area contributed by atoms with Crippen molar-refractivity contribution in [3.05, 3.63) is 46.3 Å². The molecular formula is C16H17IN4OS. The molecule has 0 spiro atoms. The first-order valence-electron chi connectivity index (χ1n) is 7.40. The number of carbonyl (C=O) groups is 1. The van der Waals surface area contributed by atoms with Gasteiger partial charge < -0.3 is 9.88 Å². The number of thioether (sulfide) groups is 1. The minimum Gasteiger partial charge on any atom is -0.324 e. The Morgan fingerprint density at radius 3 is 2.91 bits per heavy atom. The lowest BCUT2D eigenvalue weighted by molar-refractivity contribution is -0.113. The van der Waals surface area contributed by atoms with Gasteiger partial charge in [-0.25, -0.2) is 0 Å². The average molecular weight is 440 g/mol. The molecule has 0 radical (unpaired) electrons. The summed E-state index contributed by atoms with van der Waals surface area (Å²) in [5.74, 6) is 1.81. The van der Waals surface area contributed by atoms with E-state index in [4.69, 9.17) is 0 Å². The number of anilines is 1. The fourth-order valence-corrected chi connectivity index (χ4v) is 3.51. The smallest absolute Gasteiger partial charge is 0.234 e. The maximum atomic E-state index is 12.1. The van der Waals surface area contributed by atoms with E-state index in [1.54, 1.807) is 0 Å². The molecule has 1 aromatic carbocycles. The number of para-hydroxylation sites is 1. The molecule has 0 unspecified atom stereocenters. The zero-order chi connectivity index (χ0) is 16.2. The van der Waals surface area contributed by atoms with E-state index in [0.29, 0.717) is 18.2 Å². The largest absolute Gasteiger partial charge is 0.324 e. The third-order valence-electron chi connectivity index (χ3n) is 3.48. The lowest BCUT2D eigenvalue weighted by Crippen LogP contribution is -2.15. The van der Waals surface area contributed by atoms with Crippen molar-refractivity contribution >= 4 is 45.9 Å². The molecule has 7 heteroatoms. The van der Waals surface area contributed by atoms with E-state index >= 15 is 0 Å². The lowest BCUT2D eigenvalue weighted by atomic mass is 10.3. The SMILES string of the molecule is C=CCn1c(SCC(=O)Nc2ccccc2I)nnc1C1CC1. The van der Waals surface area contributed by atoms with E-state index in [-0.39, 0.29) is 5.91 Å². The van der Waals surface area contributed by atoms with Crippen molar-refractivity contribution in [1.82, 2.24) is 14.8 Å². The van der Waals surface area contributed by atoms with Crippen molar-refractivity contribution in [2.45, 2.75) is 30.5 Å². The second-order valence-electron chi connectivity index (χ2n) is 5.33. The number of allylic oxidation sites excluding steroid dienone is 1. The van der Waals surface area contributed by atoms with Gasteiger partial charge in [0.15, 0.2) is 5.16 Å². The molecule has 3 rings (SSSR count). The van der Waals surface area contributed by atoms with Crippen molar-refractivity contribution in [3.8, 4) is 0 Å². The summed E-state index contributed by atoms with van der Waals surface area (Å²) in [6, 6.07) is 7.72. The molecule has 2 aromatic rings. The second-order valence-corrected chi connectivity index (χ2v) is 7.44. The van der Waals surface area contributed by atoms with E-state index in [2.05, 4.69) is 49.3 Å². The molecule has 1 fully saturated rings. The van der Waals surface area contributed by atoms with Crippen molar-refractivity contribution in [3.63, 3.8) is 0 Å². The molecule has 1 saturated carbocycles. The Hall–Kier alpha value is -1.35. The molecule has 1 aromatic heterocycles. The number of aromatic nitrogens is 3. The van der Waals surface area contributed by atoms with Crippen LogP contribution in [0.25, 0.3) is 0 Å². The van der Waals surface area contributed by atoms with E-state index in [1.165, 1.54) is 24.6 Å². The summed E-state index contributed by atoms with van der Waals surface area (Å²) in [6.07, 6.45) is 4.19. The Labute approximate surface area is 153 Å². The van der Waals surface area contributed by atoms with Crippen molar-refractivity contribution in [2.75, 3.05) is 11.1 Å². The summed E-state index contributed by atoms with van der Waals surface area (Å²) >= 11 is 3.62. The number of halogens is 1. The number of benzene rings is 1. The highest BCUT2D eigenvalue weighted by Gasteiger charge is 2.30. The molecule has 1 heterocycles. The van der Waals surface area contributed by atoms with E-state index in [9.17, 15) is 4.79 Å². The molecule has 23 heavy (non-hydrogen) atoms. The van der Waals surface area contributed by atoms with Crippen LogP contribution in [0.5, 0.6) is 0 Å². The van der Waals surface area contributed by atoms with Crippen LogP contribution in [-0.2, 0) is 11.3 Å². The van der Waals surface area contributed by atoms with E-state index < -0.39 is 0 Å². The maximum absolute atomic E-state index is 12.1. The highest BCUT2D eigenvalue weighted by Crippen LogP contribution is 2.40. The van der Waals surface area contributed by atoms with Crippen LogP contribution >= 0.6 is 34.4 Å². The van der Waals surface area contributed by atoms with Crippen LogP contribution in [0, 0.1) is 3.57 Å². The van der Waals surface area contributed by atoms with Gasteiger partial charge in [-0.3, -0.25) is 4.79 Å². The standard InChI is InChI=1S/C16H17IN4OS/c1-2-9-21-15(11-7-8-11)19-20-16(21)23-10-14(22)18-13-6-4-3-5-12(13)17/h2-6,11H,1,7-10H2,(H,18,22). The topological polar surface area (TPSA) is 59.8 Å². The second kappa shape index (κ2) is 7.48. The van der Waals surface area contributed by atoms with Crippen molar-refractivity contribution < 1.29 is 4.79 Å². The Balaban J connectivity index is 1.62. The molecule has 0 saturated heterocycles. The molecule has 5 nitrogen and oxygen atoms in total. The van der Waals surface area contributed by atoms with Gasteiger partial charge in [0, 0.05) is 16.0 Å². The van der Waals surface area contributed by atoms with Gasteiger partial charge >= 0.3 is 0 Å². The molecule has 120 valence electrons. The highest BCUT2D eigenvalue weighted by atomic mass is 127. The Kier molecular flexibility index (Phi) is 5.37. The Morgan fingerprint density at radius 2 is 2.22 bits per heavy atom. The number of amides is 1. The van der Waals surface area contributed by atoms with Gasteiger partial charge in [-0.1, -0.05) is 30.0 Å². The fraction of sp³-hybridized carbons (Fsp3) is 0.312. The molecule has 1 N–H and O–H groups in total. The first kappa shape index (κ1) is 16.5. The van der Waals surface area contributed by atoms with Gasteiger partial charge in [-0.05, 0) is 47.6 Å². The normalized spacial score (nSPS) is 13.8. The minimum absolute atomic E-state index is 0.0414. The minimum atomic E-state index is -0.0414. The van der Waals surface area contributed by atoms with Gasteiger partial charge in [0.25, 0.3) is 0 Å². The molecule has 1 aliphatic carbocycles. The van der Waals surface area contributed by atoms with E-state index in [0.717, 1.165) is 20.2 Å². The number of nitrogens with zero attached hydrogens (tertiary/aromatic N) is 3. The monoisotopic (exact) mass is 440 g/mol. The van der Waals surface area contributed by atoms with Gasteiger partial charge in [0.2, 0.25) is 5.91 Å². The summed E-state index contributed by atoms with van der Waals surface area (Å²) in [4.78, 5) is 12.1.